The predicted octanol–water partition coefficient (Wildman–Crippen LogP) is 5.34. The van der Waals surface area contributed by atoms with Crippen LogP contribution in [0.15, 0.2) is 53.0 Å². The van der Waals surface area contributed by atoms with E-state index in [2.05, 4.69) is 28.1 Å². The maximum Gasteiger partial charge on any atom is 0.0869 e. The Hall–Kier alpha value is -0.830. The number of hydrogen-bond acceptors (Lipinski definition) is 1. The average Bonchev–Trinajstić information content (AvgIpc) is 2.46. The van der Waals surface area contributed by atoms with Crippen LogP contribution in [0.5, 0.6) is 0 Å². The molecule has 106 valence electrons. The van der Waals surface area contributed by atoms with Crippen molar-refractivity contribution >= 4 is 27.5 Å². The largest absolute Gasteiger partial charge is 0.385 e. The van der Waals surface area contributed by atoms with Crippen molar-refractivity contribution in [2.24, 2.45) is 0 Å². The number of aliphatic hydroxyl groups is 1. The van der Waals surface area contributed by atoms with Gasteiger partial charge in [-0.3, -0.25) is 0 Å². The van der Waals surface area contributed by atoms with E-state index in [4.69, 9.17) is 11.6 Å². The maximum absolute atomic E-state index is 10.4. The molecule has 0 aliphatic rings. The molecule has 0 heterocycles. The summed E-state index contributed by atoms with van der Waals surface area (Å²) in [6.07, 6.45) is 1.48. The predicted molar refractivity (Wildman–Crippen MR) is 89.1 cm³/mol. The van der Waals surface area contributed by atoms with Crippen molar-refractivity contribution in [1.82, 2.24) is 0 Å². The molecule has 0 aliphatic heterocycles. The number of benzene rings is 2. The minimum Gasteiger partial charge on any atom is -0.385 e. The van der Waals surface area contributed by atoms with Crippen LogP contribution in [-0.4, -0.2) is 11.0 Å². The summed E-state index contributed by atoms with van der Waals surface area (Å²) in [5, 5.41) is 10.4. The Kier molecular flexibility index (Phi) is 5.25. The van der Waals surface area contributed by atoms with Crippen LogP contribution < -0.4 is 0 Å². The topological polar surface area (TPSA) is 20.2 Å². The zero-order chi connectivity index (χ0) is 14.6. The van der Waals surface area contributed by atoms with Gasteiger partial charge in [0.05, 0.1) is 5.60 Å². The van der Waals surface area contributed by atoms with Crippen molar-refractivity contribution in [3.05, 3.63) is 58.6 Å². The summed E-state index contributed by atoms with van der Waals surface area (Å²) in [5.74, 6) is 0.577. The van der Waals surface area contributed by atoms with Gasteiger partial charge in [0.25, 0.3) is 0 Å². The highest BCUT2D eigenvalue weighted by molar-refractivity contribution is 9.10. The molecule has 0 amide bonds. The van der Waals surface area contributed by atoms with E-state index in [0.717, 1.165) is 22.0 Å². The molecule has 0 bridgehead atoms. The van der Waals surface area contributed by atoms with Gasteiger partial charge in [-0.25, -0.2) is 0 Å². The second kappa shape index (κ2) is 6.75. The summed E-state index contributed by atoms with van der Waals surface area (Å²) in [6, 6.07) is 16.3. The molecular formula is C17H18BrClO. The molecule has 1 N–H and O–H groups in total. The van der Waals surface area contributed by atoms with Crippen molar-refractivity contribution in [1.29, 1.82) is 0 Å². The van der Waals surface area contributed by atoms with E-state index < -0.39 is 5.60 Å². The van der Waals surface area contributed by atoms with E-state index in [1.807, 2.05) is 43.3 Å². The Labute approximate surface area is 133 Å². The van der Waals surface area contributed by atoms with Gasteiger partial charge in [0.15, 0.2) is 0 Å². The van der Waals surface area contributed by atoms with Gasteiger partial charge in [0.2, 0.25) is 0 Å². The molecule has 0 spiro atoms. The molecule has 2 rings (SSSR count). The van der Waals surface area contributed by atoms with Gasteiger partial charge in [0.1, 0.15) is 0 Å². The molecule has 0 radical (unpaired) electrons. The van der Waals surface area contributed by atoms with E-state index in [9.17, 15) is 5.11 Å². The van der Waals surface area contributed by atoms with Crippen molar-refractivity contribution in [3.63, 3.8) is 0 Å². The van der Waals surface area contributed by atoms with E-state index in [-0.39, 0.29) is 0 Å². The second-order valence-electron chi connectivity index (χ2n) is 5.15. The zero-order valence-corrected chi connectivity index (χ0v) is 13.8. The van der Waals surface area contributed by atoms with Crippen LogP contribution in [0.2, 0.25) is 0 Å². The molecule has 3 heteroatoms. The van der Waals surface area contributed by atoms with Gasteiger partial charge in [0, 0.05) is 10.4 Å². The second-order valence-corrected chi connectivity index (χ2v) is 6.44. The maximum atomic E-state index is 10.4. The summed E-state index contributed by atoms with van der Waals surface area (Å²) < 4.78 is 1.07. The lowest BCUT2D eigenvalue weighted by atomic mass is 9.90. The van der Waals surface area contributed by atoms with Crippen molar-refractivity contribution in [3.8, 4) is 11.1 Å². The molecule has 1 nitrogen and oxygen atoms in total. The molecule has 2 aromatic carbocycles. The van der Waals surface area contributed by atoms with Crippen LogP contribution in [0.25, 0.3) is 11.1 Å². The van der Waals surface area contributed by atoms with Crippen molar-refractivity contribution in [2.45, 2.75) is 25.4 Å². The highest BCUT2D eigenvalue weighted by Gasteiger charge is 2.22. The third kappa shape index (κ3) is 3.85. The Bertz CT molecular complexity index is 546. The minimum absolute atomic E-state index is 0.577. The summed E-state index contributed by atoms with van der Waals surface area (Å²) in [7, 11) is 0. The van der Waals surface area contributed by atoms with Gasteiger partial charge in [-0.2, -0.15) is 0 Å². The van der Waals surface area contributed by atoms with Crippen LogP contribution in [0.1, 0.15) is 25.3 Å². The molecule has 0 fully saturated rings. The first-order chi connectivity index (χ1) is 9.53. The SMILES string of the molecule is CC(O)(CCCCl)c1ccc(-c2ccc(Br)cc2)cc1. The van der Waals surface area contributed by atoms with E-state index in [1.165, 1.54) is 5.56 Å². The zero-order valence-electron chi connectivity index (χ0n) is 11.4. The minimum atomic E-state index is -0.812. The Morgan fingerprint density at radius 3 is 2.00 bits per heavy atom. The third-order valence-electron chi connectivity index (χ3n) is 3.48. The van der Waals surface area contributed by atoms with Gasteiger partial charge < -0.3 is 5.11 Å². The lowest BCUT2D eigenvalue weighted by Gasteiger charge is -2.23. The monoisotopic (exact) mass is 352 g/mol. The highest BCUT2D eigenvalue weighted by Crippen LogP contribution is 2.29. The van der Waals surface area contributed by atoms with Crippen molar-refractivity contribution in [2.75, 3.05) is 5.88 Å². The molecule has 0 aromatic heterocycles. The number of hydrogen-bond donors (Lipinski definition) is 1. The molecule has 20 heavy (non-hydrogen) atoms. The first-order valence-corrected chi connectivity index (χ1v) is 8.00. The summed E-state index contributed by atoms with van der Waals surface area (Å²) in [4.78, 5) is 0. The van der Waals surface area contributed by atoms with Crippen LogP contribution in [-0.2, 0) is 5.60 Å². The standard InChI is InChI=1S/C17H18BrClO/c1-17(20,11-2-12-19)15-7-3-13(4-8-15)14-5-9-16(18)10-6-14/h3-10,20H,2,11-12H2,1H3. The summed E-state index contributed by atoms with van der Waals surface area (Å²) >= 11 is 9.13. The Morgan fingerprint density at radius 2 is 1.50 bits per heavy atom. The van der Waals surface area contributed by atoms with Crippen LogP contribution in [0.4, 0.5) is 0 Å². The van der Waals surface area contributed by atoms with Gasteiger partial charge in [-0.1, -0.05) is 52.3 Å². The first kappa shape index (κ1) is 15.6. The smallest absolute Gasteiger partial charge is 0.0869 e. The fraction of sp³-hybridized carbons (Fsp3) is 0.294. The number of halogens is 2. The van der Waals surface area contributed by atoms with Gasteiger partial charge in [-0.15, -0.1) is 11.6 Å². The summed E-state index contributed by atoms with van der Waals surface area (Å²) in [5.41, 5.74) is 2.44. The molecule has 1 atom stereocenters. The lowest BCUT2D eigenvalue weighted by Crippen LogP contribution is -2.21. The fourth-order valence-corrected chi connectivity index (χ4v) is 2.62. The normalized spacial score (nSPS) is 14.0. The molecule has 0 aliphatic carbocycles. The molecule has 2 aromatic rings. The highest BCUT2D eigenvalue weighted by atomic mass is 79.9. The van der Waals surface area contributed by atoms with Crippen LogP contribution in [0.3, 0.4) is 0 Å². The van der Waals surface area contributed by atoms with Crippen LogP contribution >= 0.6 is 27.5 Å². The lowest BCUT2D eigenvalue weighted by molar-refractivity contribution is 0.0472. The Morgan fingerprint density at radius 1 is 1.00 bits per heavy atom. The van der Waals surface area contributed by atoms with Crippen molar-refractivity contribution < 1.29 is 5.11 Å². The number of alkyl halides is 1. The van der Waals surface area contributed by atoms with E-state index >= 15 is 0 Å². The quantitative estimate of drug-likeness (QED) is 0.719. The molecule has 0 saturated carbocycles. The van der Waals surface area contributed by atoms with E-state index in [0.29, 0.717) is 12.3 Å². The number of rotatable bonds is 5. The fourth-order valence-electron chi connectivity index (χ4n) is 2.22. The van der Waals surface area contributed by atoms with Gasteiger partial charge in [-0.05, 0) is 48.6 Å². The summed E-state index contributed by atoms with van der Waals surface area (Å²) in [6.45, 7) is 1.84. The molecule has 0 saturated heterocycles. The molecular weight excluding hydrogens is 336 g/mol. The Balaban J connectivity index is 2.19. The third-order valence-corrected chi connectivity index (χ3v) is 4.28. The van der Waals surface area contributed by atoms with Gasteiger partial charge >= 0.3 is 0 Å². The van der Waals surface area contributed by atoms with Crippen LogP contribution in [0, 0.1) is 0 Å². The van der Waals surface area contributed by atoms with E-state index in [1.54, 1.807) is 0 Å². The average molecular weight is 354 g/mol. The first-order valence-electron chi connectivity index (χ1n) is 6.68. The molecule has 1 unspecified atom stereocenters.